The summed E-state index contributed by atoms with van der Waals surface area (Å²) < 4.78 is 40.5. The molecule has 0 bridgehead atoms. The molecule has 0 radical (unpaired) electrons. The van der Waals surface area contributed by atoms with E-state index in [9.17, 15) is 17.5 Å². The summed E-state index contributed by atoms with van der Waals surface area (Å²) in [5.74, 6) is -0.244. The molecule has 0 aliphatic heterocycles. The van der Waals surface area contributed by atoms with Crippen molar-refractivity contribution >= 4 is 49.0 Å². The van der Waals surface area contributed by atoms with E-state index in [0.29, 0.717) is 6.42 Å². The molecule has 0 amide bonds. The summed E-state index contributed by atoms with van der Waals surface area (Å²) in [6.07, 6.45) is 1.21. The predicted octanol–water partition coefficient (Wildman–Crippen LogP) is 2.89. The molecule has 10 heteroatoms. The number of unbranched alkanes of at least 4 members (excludes halogenated alkanes) is 1. The molecular weight excluding hydrogens is 380 g/mol. The van der Waals surface area contributed by atoms with Gasteiger partial charge in [-0.1, -0.05) is 30.3 Å². The first-order chi connectivity index (χ1) is 9.58. The van der Waals surface area contributed by atoms with E-state index in [0.717, 1.165) is 19.5 Å². The van der Waals surface area contributed by atoms with Crippen molar-refractivity contribution in [2.75, 3.05) is 12.3 Å². The summed E-state index contributed by atoms with van der Waals surface area (Å²) in [5.41, 5.74) is 1.25. The SMILES string of the molecule is O=P(Cl)(Cl)Cl.O=S(=O)([O-])CCCC[NH2+]Cc1ccccc1. The van der Waals surface area contributed by atoms with Gasteiger partial charge in [0.1, 0.15) is 6.54 Å². The molecular formula is C11H17Cl3NO4PS. The van der Waals surface area contributed by atoms with Crippen LogP contribution >= 0.6 is 38.9 Å². The van der Waals surface area contributed by atoms with E-state index in [2.05, 4.69) is 51.2 Å². The molecule has 1 aromatic rings. The second-order valence-electron chi connectivity index (χ2n) is 4.13. The smallest absolute Gasteiger partial charge is 0.339 e. The quantitative estimate of drug-likeness (QED) is 0.436. The van der Waals surface area contributed by atoms with Crippen LogP contribution in [0.3, 0.4) is 0 Å². The van der Waals surface area contributed by atoms with Gasteiger partial charge in [-0.05, 0) is 46.6 Å². The average Bonchev–Trinajstić information content (AvgIpc) is 2.31. The zero-order valence-corrected chi connectivity index (χ0v) is 15.1. The highest BCUT2D eigenvalue weighted by Gasteiger charge is 2.03. The van der Waals surface area contributed by atoms with Crippen molar-refractivity contribution in [1.29, 1.82) is 0 Å². The number of benzene rings is 1. The number of hydrogen-bond donors (Lipinski definition) is 1. The third-order valence-corrected chi connectivity index (χ3v) is 3.06. The molecule has 0 fully saturated rings. The molecule has 0 aliphatic carbocycles. The van der Waals surface area contributed by atoms with Crippen LogP contribution in [0.25, 0.3) is 0 Å². The van der Waals surface area contributed by atoms with Gasteiger partial charge < -0.3 is 9.87 Å². The van der Waals surface area contributed by atoms with Crippen LogP contribution in [0, 0.1) is 0 Å². The van der Waals surface area contributed by atoms with Crippen LogP contribution in [0.1, 0.15) is 18.4 Å². The van der Waals surface area contributed by atoms with Gasteiger partial charge in [0.15, 0.2) is 0 Å². The minimum atomic E-state index is -4.03. The molecule has 21 heavy (non-hydrogen) atoms. The number of nitrogens with two attached hydrogens (primary N) is 1. The minimum Gasteiger partial charge on any atom is -0.748 e. The van der Waals surface area contributed by atoms with Crippen molar-refractivity contribution in [3.8, 4) is 0 Å². The zero-order chi connectivity index (χ0) is 16.4. The summed E-state index contributed by atoms with van der Waals surface area (Å²) >= 11 is 13.8. The number of hydrogen-bond acceptors (Lipinski definition) is 4. The molecule has 1 aromatic carbocycles. The Morgan fingerprint density at radius 1 is 1.10 bits per heavy atom. The highest BCUT2D eigenvalue weighted by molar-refractivity contribution is 8.24. The van der Waals surface area contributed by atoms with Gasteiger partial charge >= 0.3 is 5.20 Å². The summed E-state index contributed by atoms with van der Waals surface area (Å²) in [6.45, 7) is 1.75. The molecule has 0 unspecified atom stereocenters. The van der Waals surface area contributed by atoms with E-state index in [4.69, 9.17) is 0 Å². The summed E-state index contributed by atoms with van der Waals surface area (Å²) in [4.78, 5) is 0. The van der Waals surface area contributed by atoms with Crippen LogP contribution in [-0.4, -0.2) is 25.3 Å². The Labute approximate surface area is 139 Å². The van der Waals surface area contributed by atoms with E-state index in [1.807, 2.05) is 18.2 Å². The van der Waals surface area contributed by atoms with Gasteiger partial charge in [-0.3, -0.25) is 4.57 Å². The summed E-state index contributed by atoms with van der Waals surface area (Å²) in [5, 5.41) is -1.10. The molecule has 1 rings (SSSR count). The van der Waals surface area contributed by atoms with Crippen LogP contribution in [0.5, 0.6) is 0 Å². The predicted molar refractivity (Wildman–Crippen MR) is 85.9 cm³/mol. The number of halogens is 3. The van der Waals surface area contributed by atoms with E-state index >= 15 is 0 Å². The van der Waals surface area contributed by atoms with Crippen molar-refractivity contribution in [1.82, 2.24) is 0 Å². The van der Waals surface area contributed by atoms with Gasteiger partial charge in [0, 0.05) is 11.3 Å². The largest absolute Gasteiger partial charge is 0.748 e. The first-order valence-corrected chi connectivity index (χ1v) is 12.1. The Balaban J connectivity index is 0.000000690. The fourth-order valence-corrected chi connectivity index (χ4v) is 2.01. The lowest BCUT2D eigenvalue weighted by Crippen LogP contribution is -2.82. The van der Waals surface area contributed by atoms with Crippen LogP contribution in [0.4, 0.5) is 0 Å². The second-order valence-corrected chi connectivity index (χ2v) is 12.3. The second kappa shape index (κ2) is 10.8. The highest BCUT2D eigenvalue weighted by atomic mass is 36.0. The van der Waals surface area contributed by atoms with E-state index in [1.165, 1.54) is 5.56 Å². The lowest BCUT2D eigenvalue weighted by molar-refractivity contribution is -0.670. The van der Waals surface area contributed by atoms with E-state index in [1.54, 1.807) is 0 Å². The average molecular weight is 397 g/mol. The molecule has 0 saturated heterocycles. The molecule has 5 nitrogen and oxygen atoms in total. The molecule has 0 heterocycles. The monoisotopic (exact) mass is 395 g/mol. The van der Waals surface area contributed by atoms with Crippen molar-refractivity contribution in [3.05, 3.63) is 35.9 Å². The van der Waals surface area contributed by atoms with Gasteiger partial charge in [-0.15, -0.1) is 0 Å². The van der Waals surface area contributed by atoms with Crippen molar-refractivity contribution in [2.24, 2.45) is 0 Å². The standard InChI is InChI=1S/C11H17NO3S.Cl3OP/c13-16(14,15)9-5-4-8-12-10-11-6-2-1-3-7-11;1-5(2,3)4/h1-3,6-7,12H,4-5,8-10H2,(H,13,14,15);. The van der Waals surface area contributed by atoms with Gasteiger partial charge in [-0.2, -0.15) is 0 Å². The molecule has 2 N–H and O–H groups in total. The van der Waals surface area contributed by atoms with Crippen molar-refractivity contribution in [3.63, 3.8) is 0 Å². The van der Waals surface area contributed by atoms with Crippen LogP contribution < -0.4 is 5.32 Å². The Kier molecular flexibility index (Phi) is 10.9. The molecule has 0 saturated carbocycles. The zero-order valence-electron chi connectivity index (χ0n) is 11.1. The normalized spacial score (nSPS) is 11.6. The fraction of sp³-hybridized carbons (Fsp3) is 0.455. The fourth-order valence-electron chi connectivity index (χ4n) is 1.45. The molecule has 122 valence electrons. The maximum atomic E-state index is 10.3. The lowest BCUT2D eigenvalue weighted by Gasteiger charge is -2.05. The summed E-state index contributed by atoms with van der Waals surface area (Å²) in [7, 11) is -4.03. The third-order valence-electron chi connectivity index (χ3n) is 2.28. The molecule has 0 aromatic heterocycles. The Bertz CT molecular complexity index is 527. The first kappa shape index (κ1) is 21.2. The van der Waals surface area contributed by atoms with Gasteiger partial charge in [0.25, 0.3) is 0 Å². The maximum Gasteiger partial charge on any atom is 0.339 e. The third kappa shape index (κ3) is 20.2. The Hall–Kier alpha value is 0.190. The lowest BCUT2D eigenvalue weighted by atomic mass is 10.2. The van der Waals surface area contributed by atoms with Gasteiger partial charge in [0.05, 0.1) is 16.7 Å². The van der Waals surface area contributed by atoms with Gasteiger partial charge in [0.2, 0.25) is 0 Å². The number of rotatable bonds is 7. The Morgan fingerprint density at radius 3 is 2.10 bits per heavy atom. The minimum absolute atomic E-state index is 0.244. The highest BCUT2D eigenvalue weighted by Crippen LogP contribution is 2.61. The van der Waals surface area contributed by atoms with Crippen LogP contribution in [0.2, 0.25) is 0 Å². The first-order valence-electron chi connectivity index (χ1n) is 6.06. The number of quaternary nitrogens is 1. The van der Waals surface area contributed by atoms with Crippen molar-refractivity contribution in [2.45, 2.75) is 19.4 Å². The topological polar surface area (TPSA) is 90.9 Å². The maximum absolute atomic E-state index is 10.3. The van der Waals surface area contributed by atoms with E-state index < -0.39 is 15.3 Å². The van der Waals surface area contributed by atoms with Crippen LogP contribution in [-0.2, 0) is 21.2 Å². The van der Waals surface area contributed by atoms with Crippen molar-refractivity contribution < 1.29 is 22.9 Å². The molecule has 0 aliphatic rings. The van der Waals surface area contributed by atoms with Gasteiger partial charge in [-0.25, -0.2) is 8.42 Å². The molecule has 0 spiro atoms. The summed E-state index contributed by atoms with van der Waals surface area (Å²) in [6, 6.07) is 10.1. The molecule has 0 atom stereocenters. The van der Waals surface area contributed by atoms with E-state index in [-0.39, 0.29) is 5.75 Å². The van der Waals surface area contributed by atoms with Crippen LogP contribution in [0.15, 0.2) is 30.3 Å². The Morgan fingerprint density at radius 2 is 1.62 bits per heavy atom.